The number of nitrogens with one attached hydrogen (secondary N) is 1. The lowest BCUT2D eigenvalue weighted by molar-refractivity contribution is -0.137. The molecule has 0 spiro atoms. The van der Waals surface area contributed by atoms with E-state index < -0.39 is 5.97 Å². The van der Waals surface area contributed by atoms with E-state index in [2.05, 4.69) is 19.2 Å². The Bertz CT molecular complexity index is 553. The number of unbranched alkanes of at least 4 members (excludes halogenated alkanes) is 4. The molecule has 0 radical (unpaired) electrons. The molecular formula is C20H31NO4. The van der Waals surface area contributed by atoms with Crippen molar-refractivity contribution in [3.05, 3.63) is 29.3 Å². The van der Waals surface area contributed by atoms with Gasteiger partial charge in [0.2, 0.25) is 0 Å². The second-order valence-corrected chi connectivity index (χ2v) is 6.46. The zero-order chi connectivity index (χ0) is 18.7. The molecule has 0 aliphatic rings. The zero-order valence-electron chi connectivity index (χ0n) is 15.4. The number of carboxylic acids is 1. The van der Waals surface area contributed by atoms with Gasteiger partial charge in [-0.1, -0.05) is 39.2 Å². The molecule has 0 unspecified atom stereocenters. The van der Waals surface area contributed by atoms with Gasteiger partial charge in [-0.05, 0) is 49.3 Å². The number of aromatic hydroxyl groups is 1. The minimum absolute atomic E-state index is 0.0147. The fourth-order valence-electron chi connectivity index (χ4n) is 2.98. The van der Waals surface area contributed by atoms with Crippen LogP contribution in [0.5, 0.6) is 5.75 Å². The van der Waals surface area contributed by atoms with Crippen LogP contribution < -0.4 is 5.32 Å². The predicted octanol–water partition coefficient (Wildman–Crippen LogP) is 4.45. The average Bonchev–Trinajstić information content (AvgIpc) is 2.59. The van der Waals surface area contributed by atoms with Gasteiger partial charge in [0.05, 0.1) is 5.56 Å². The SMILES string of the molecule is CCC(CC)c1ccc(O)c(C(=O)NCCCCCCCC(=O)O)c1. The molecule has 0 aromatic heterocycles. The number of hydrogen-bond acceptors (Lipinski definition) is 3. The lowest BCUT2D eigenvalue weighted by atomic mass is 9.92. The largest absolute Gasteiger partial charge is 0.507 e. The van der Waals surface area contributed by atoms with Crippen LogP contribution in [0.2, 0.25) is 0 Å². The quantitative estimate of drug-likeness (QED) is 0.487. The van der Waals surface area contributed by atoms with E-state index in [4.69, 9.17) is 5.11 Å². The lowest BCUT2D eigenvalue weighted by Gasteiger charge is -2.15. The number of carbonyl (C=O) groups is 2. The number of aliphatic carboxylic acids is 1. The van der Waals surface area contributed by atoms with Gasteiger partial charge in [-0.2, -0.15) is 0 Å². The summed E-state index contributed by atoms with van der Waals surface area (Å²) in [6.45, 7) is 4.81. The van der Waals surface area contributed by atoms with Crippen LogP contribution in [0.25, 0.3) is 0 Å². The summed E-state index contributed by atoms with van der Waals surface area (Å²) in [7, 11) is 0. The van der Waals surface area contributed by atoms with Crippen molar-refractivity contribution in [1.29, 1.82) is 0 Å². The van der Waals surface area contributed by atoms with Gasteiger partial charge in [0.15, 0.2) is 0 Å². The molecule has 0 aliphatic heterocycles. The molecule has 1 amide bonds. The smallest absolute Gasteiger partial charge is 0.303 e. The molecule has 0 atom stereocenters. The predicted molar refractivity (Wildman–Crippen MR) is 99.1 cm³/mol. The van der Waals surface area contributed by atoms with Crippen LogP contribution >= 0.6 is 0 Å². The molecule has 0 aliphatic carbocycles. The maximum atomic E-state index is 12.3. The summed E-state index contributed by atoms with van der Waals surface area (Å²) < 4.78 is 0. The van der Waals surface area contributed by atoms with E-state index in [1.165, 1.54) is 0 Å². The number of carboxylic acid groups (broad SMARTS) is 1. The van der Waals surface area contributed by atoms with Crippen molar-refractivity contribution in [2.24, 2.45) is 0 Å². The Morgan fingerprint density at radius 1 is 1.04 bits per heavy atom. The van der Waals surface area contributed by atoms with E-state index in [-0.39, 0.29) is 18.1 Å². The number of amides is 1. The minimum Gasteiger partial charge on any atom is -0.507 e. The van der Waals surface area contributed by atoms with Crippen LogP contribution in [-0.2, 0) is 4.79 Å². The van der Waals surface area contributed by atoms with Gasteiger partial charge in [0, 0.05) is 13.0 Å². The van der Waals surface area contributed by atoms with Gasteiger partial charge in [-0.15, -0.1) is 0 Å². The van der Waals surface area contributed by atoms with Crippen molar-refractivity contribution in [3.63, 3.8) is 0 Å². The normalized spacial score (nSPS) is 10.8. The van der Waals surface area contributed by atoms with Crippen LogP contribution in [0, 0.1) is 0 Å². The van der Waals surface area contributed by atoms with Gasteiger partial charge >= 0.3 is 5.97 Å². The van der Waals surface area contributed by atoms with Crippen LogP contribution in [0.15, 0.2) is 18.2 Å². The second-order valence-electron chi connectivity index (χ2n) is 6.46. The molecule has 0 heterocycles. The molecule has 140 valence electrons. The van der Waals surface area contributed by atoms with Crippen molar-refractivity contribution in [2.45, 2.75) is 71.1 Å². The maximum Gasteiger partial charge on any atom is 0.303 e. The summed E-state index contributed by atoms with van der Waals surface area (Å²) in [5.74, 6) is -0.572. The molecule has 1 aromatic rings. The van der Waals surface area contributed by atoms with Gasteiger partial charge < -0.3 is 15.5 Å². The van der Waals surface area contributed by atoms with E-state index in [1.54, 1.807) is 12.1 Å². The Morgan fingerprint density at radius 3 is 2.32 bits per heavy atom. The molecule has 0 saturated heterocycles. The fraction of sp³-hybridized carbons (Fsp3) is 0.600. The highest BCUT2D eigenvalue weighted by molar-refractivity contribution is 5.97. The number of phenolic OH excluding ortho intramolecular Hbond substituents is 1. The van der Waals surface area contributed by atoms with E-state index in [0.717, 1.165) is 44.1 Å². The monoisotopic (exact) mass is 349 g/mol. The van der Waals surface area contributed by atoms with Gasteiger partial charge in [-0.25, -0.2) is 0 Å². The molecule has 25 heavy (non-hydrogen) atoms. The van der Waals surface area contributed by atoms with E-state index in [1.807, 2.05) is 6.07 Å². The topological polar surface area (TPSA) is 86.6 Å². The molecule has 1 rings (SSSR count). The third-order valence-electron chi connectivity index (χ3n) is 4.58. The van der Waals surface area contributed by atoms with Crippen molar-refractivity contribution in [1.82, 2.24) is 5.32 Å². The first kappa shape index (κ1) is 21.0. The Labute approximate surface area is 150 Å². The van der Waals surface area contributed by atoms with Crippen LogP contribution in [0.4, 0.5) is 0 Å². The summed E-state index contributed by atoms with van der Waals surface area (Å²) in [5, 5.41) is 21.4. The molecule has 5 nitrogen and oxygen atoms in total. The minimum atomic E-state index is -0.748. The van der Waals surface area contributed by atoms with Crippen molar-refractivity contribution in [3.8, 4) is 5.75 Å². The maximum absolute atomic E-state index is 12.3. The zero-order valence-corrected chi connectivity index (χ0v) is 15.4. The molecule has 0 bridgehead atoms. The van der Waals surface area contributed by atoms with E-state index in [0.29, 0.717) is 24.4 Å². The third kappa shape index (κ3) is 7.59. The Hall–Kier alpha value is -2.04. The number of benzene rings is 1. The van der Waals surface area contributed by atoms with Gasteiger partial charge in [0.25, 0.3) is 5.91 Å². The summed E-state index contributed by atoms with van der Waals surface area (Å²) in [5.41, 5.74) is 1.43. The number of rotatable bonds is 12. The highest BCUT2D eigenvalue weighted by Crippen LogP contribution is 2.27. The summed E-state index contributed by atoms with van der Waals surface area (Å²) >= 11 is 0. The van der Waals surface area contributed by atoms with Gasteiger partial charge in [0.1, 0.15) is 5.75 Å². The van der Waals surface area contributed by atoms with Gasteiger partial charge in [-0.3, -0.25) is 9.59 Å². The Morgan fingerprint density at radius 2 is 1.68 bits per heavy atom. The molecule has 3 N–H and O–H groups in total. The fourth-order valence-corrected chi connectivity index (χ4v) is 2.98. The third-order valence-corrected chi connectivity index (χ3v) is 4.58. The Kier molecular flexibility index (Phi) is 9.66. The van der Waals surface area contributed by atoms with Crippen LogP contribution in [0.3, 0.4) is 0 Å². The number of hydrogen-bond donors (Lipinski definition) is 3. The summed E-state index contributed by atoms with van der Waals surface area (Å²) in [6.07, 6.45) is 6.62. The number of phenols is 1. The van der Waals surface area contributed by atoms with Crippen molar-refractivity contribution in [2.75, 3.05) is 6.54 Å². The summed E-state index contributed by atoms with van der Waals surface area (Å²) in [6, 6.07) is 5.29. The number of carbonyl (C=O) groups excluding carboxylic acids is 1. The molecular weight excluding hydrogens is 318 g/mol. The van der Waals surface area contributed by atoms with E-state index >= 15 is 0 Å². The van der Waals surface area contributed by atoms with E-state index in [9.17, 15) is 14.7 Å². The first-order valence-electron chi connectivity index (χ1n) is 9.32. The molecule has 1 aromatic carbocycles. The highest BCUT2D eigenvalue weighted by Gasteiger charge is 2.14. The summed E-state index contributed by atoms with van der Waals surface area (Å²) in [4.78, 5) is 22.7. The second kappa shape index (κ2) is 11.5. The lowest BCUT2D eigenvalue weighted by Crippen LogP contribution is -2.24. The first-order valence-corrected chi connectivity index (χ1v) is 9.32. The van der Waals surface area contributed by atoms with Crippen LogP contribution in [0.1, 0.15) is 87.1 Å². The Balaban J connectivity index is 2.39. The van der Waals surface area contributed by atoms with Crippen molar-refractivity contribution < 1.29 is 19.8 Å². The first-order chi connectivity index (χ1) is 12.0. The molecule has 0 saturated carbocycles. The molecule has 0 fully saturated rings. The standard InChI is InChI=1S/C20H31NO4/c1-3-15(4-2)16-11-12-18(22)17(14-16)20(25)21-13-9-7-5-6-8-10-19(23)24/h11-12,14-15,22H,3-10,13H2,1-2H3,(H,21,25)(H,23,24). The molecule has 5 heteroatoms. The van der Waals surface area contributed by atoms with Crippen molar-refractivity contribution >= 4 is 11.9 Å². The highest BCUT2D eigenvalue weighted by atomic mass is 16.4. The average molecular weight is 349 g/mol. The van der Waals surface area contributed by atoms with Crippen LogP contribution in [-0.4, -0.2) is 28.6 Å².